The Hall–Kier alpha value is -3.09. The minimum Gasteiger partial charge on any atom is -0.467 e. The second kappa shape index (κ2) is 7.21. The maximum Gasteiger partial charge on any atom is 0.322 e. The molecule has 1 N–H and O–H groups in total. The SMILES string of the molecule is CCN(Cc1occc1C)C(=O)Nc1ccc(-c2nc(C)no2)cc1. The number of aromatic nitrogens is 2. The van der Waals surface area contributed by atoms with Crippen LogP contribution < -0.4 is 5.32 Å². The van der Waals surface area contributed by atoms with Gasteiger partial charge in [0.1, 0.15) is 5.76 Å². The monoisotopic (exact) mass is 340 g/mol. The van der Waals surface area contributed by atoms with Gasteiger partial charge in [0.2, 0.25) is 0 Å². The second-order valence-corrected chi connectivity index (χ2v) is 5.70. The molecule has 0 saturated carbocycles. The standard InChI is InChI=1S/C18H20N4O3/c1-4-22(11-16-12(2)9-10-24-16)18(23)20-15-7-5-14(6-8-15)17-19-13(3)21-25-17/h5-10H,4,11H2,1-3H3,(H,20,23). The summed E-state index contributed by atoms with van der Waals surface area (Å²) < 4.78 is 10.5. The van der Waals surface area contributed by atoms with E-state index in [-0.39, 0.29) is 6.03 Å². The second-order valence-electron chi connectivity index (χ2n) is 5.70. The fourth-order valence-corrected chi connectivity index (χ4v) is 2.38. The van der Waals surface area contributed by atoms with E-state index < -0.39 is 0 Å². The molecule has 0 aliphatic rings. The highest BCUT2D eigenvalue weighted by molar-refractivity contribution is 5.89. The zero-order chi connectivity index (χ0) is 17.8. The minimum absolute atomic E-state index is 0.181. The Morgan fingerprint density at radius 3 is 2.52 bits per heavy atom. The van der Waals surface area contributed by atoms with Gasteiger partial charge in [0.15, 0.2) is 5.82 Å². The Kier molecular flexibility index (Phi) is 4.83. The van der Waals surface area contributed by atoms with E-state index in [1.807, 2.05) is 32.0 Å². The number of hydrogen-bond donors (Lipinski definition) is 1. The molecule has 7 nitrogen and oxygen atoms in total. The Morgan fingerprint density at radius 1 is 1.20 bits per heavy atom. The lowest BCUT2D eigenvalue weighted by molar-refractivity contribution is 0.207. The molecule has 2 aromatic heterocycles. The number of urea groups is 1. The number of furan rings is 1. The molecule has 0 fully saturated rings. The molecule has 2 heterocycles. The fourth-order valence-electron chi connectivity index (χ4n) is 2.38. The van der Waals surface area contributed by atoms with Crippen molar-refractivity contribution in [3.63, 3.8) is 0 Å². The van der Waals surface area contributed by atoms with Gasteiger partial charge in [-0.2, -0.15) is 4.98 Å². The van der Waals surface area contributed by atoms with E-state index in [0.717, 1.165) is 16.9 Å². The molecular formula is C18H20N4O3. The van der Waals surface area contributed by atoms with Crippen LogP contribution in [-0.4, -0.2) is 27.6 Å². The number of nitrogens with one attached hydrogen (secondary N) is 1. The third-order valence-corrected chi connectivity index (χ3v) is 3.88. The van der Waals surface area contributed by atoms with Crippen LogP contribution in [0.3, 0.4) is 0 Å². The maximum absolute atomic E-state index is 12.5. The van der Waals surface area contributed by atoms with Gasteiger partial charge in [-0.15, -0.1) is 0 Å². The number of aryl methyl sites for hydroxylation is 2. The Morgan fingerprint density at radius 2 is 1.96 bits per heavy atom. The number of hydrogen-bond acceptors (Lipinski definition) is 5. The number of amides is 2. The third kappa shape index (κ3) is 3.88. The summed E-state index contributed by atoms with van der Waals surface area (Å²) in [6, 6.07) is 8.97. The number of anilines is 1. The summed E-state index contributed by atoms with van der Waals surface area (Å²) in [7, 11) is 0. The Bertz CT molecular complexity index is 851. The molecule has 3 rings (SSSR count). The fraction of sp³-hybridized carbons (Fsp3) is 0.278. The largest absolute Gasteiger partial charge is 0.467 e. The van der Waals surface area contributed by atoms with Crippen LogP contribution in [0, 0.1) is 13.8 Å². The maximum atomic E-state index is 12.5. The summed E-state index contributed by atoms with van der Waals surface area (Å²) in [5.41, 5.74) is 2.53. The number of nitrogens with zero attached hydrogens (tertiary/aromatic N) is 3. The van der Waals surface area contributed by atoms with Gasteiger partial charge in [0, 0.05) is 17.8 Å². The lowest BCUT2D eigenvalue weighted by atomic mass is 10.2. The van der Waals surface area contributed by atoms with Crippen molar-refractivity contribution in [2.45, 2.75) is 27.3 Å². The average Bonchev–Trinajstić information content (AvgIpc) is 3.21. The van der Waals surface area contributed by atoms with E-state index in [4.69, 9.17) is 8.94 Å². The molecule has 25 heavy (non-hydrogen) atoms. The van der Waals surface area contributed by atoms with Gasteiger partial charge in [-0.05, 0) is 56.7 Å². The van der Waals surface area contributed by atoms with Crippen LogP contribution in [0.4, 0.5) is 10.5 Å². The molecule has 3 aromatic rings. The Labute approximate surface area is 145 Å². The molecule has 7 heteroatoms. The van der Waals surface area contributed by atoms with Crippen LogP contribution in [0.15, 0.2) is 45.5 Å². The molecule has 0 bridgehead atoms. The summed E-state index contributed by atoms with van der Waals surface area (Å²) in [5.74, 6) is 1.83. The first-order valence-electron chi connectivity index (χ1n) is 8.06. The number of carbonyl (C=O) groups excluding carboxylic acids is 1. The normalized spacial score (nSPS) is 10.7. The van der Waals surface area contributed by atoms with Gasteiger partial charge >= 0.3 is 6.03 Å². The zero-order valence-corrected chi connectivity index (χ0v) is 14.4. The van der Waals surface area contributed by atoms with Crippen LogP contribution in [0.5, 0.6) is 0 Å². The van der Waals surface area contributed by atoms with Gasteiger partial charge in [-0.25, -0.2) is 4.79 Å². The van der Waals surface area contributed by atoms with Crippen LogP contribution in [-0.2, 0) is 6.54 Å². The highest BCUT2D eigenvalue weighted by atomic mass is 16.5. The Balaban J connectivity index is 1.66. The lowest BCUT2D eigenvalue weighted by Gasteiger charge is -2.20. The van der Waals surface area contributed by atoms with Gasteiger partial charge in [-0.3, -0.25) is 0 Å². The van der Waals surface area contributed by atoms with Crippen molar-refractivity contribution in [3.8, 4) is 11.5 Å². The van der Waals surface area contributed by atoms with Crippen molar-refractivity contribution in [3.05, 3.63) is 53.7 Å². The quantitative estimate of drug-likeness (QED) is 0.759. The molecule has 0 saturated heterocycles. The summed E-state index contributed by atoms with van der Waals surface area (Å²) in [4.78, 5) is 18.3. The highest BCUT2D eigenvalue weighted by Gasteiger charge is 2.15. The van der Waals surface area contributed by atoms with Gasteiger partial charge in [0.05, 0.1) is 12.8 Å². The third-order valence-electron chi connectivity index (χ3n) is 3.88. The van der Waals surface area contributed by atoms with Gasteiger partial charge < -0.3 is 19.2 Å². The van der Waals surface area contributed by atoms with E-state index in [1.165, 1.54) is 0 Å². The van der Waals surface area contributed by atoms with Crippen molar-refractivity contribution in [1.82, 2.24) is 15.0 Å². The summed E-state index contributed by atoms with van der Waals surface area (Å²) in [5, 5.41) is 6.66. The number of carbonyl (C=O) groups is 1. The molecule has 2 amide bonds. The predicted molar refractivity (Wildman–Crippen MR) is 93.0 cm³/mol. The molecule has 0 aliphatic heterocycles. The van der Waals surface area contributed by atoms with E-state index in [1.54, 1.807) is 30.2 Å². The van der Waals surface area contributed by atoms with Crippen LogP contribution >= 0.6 is 0 Å². The predicted octanol–water partition coefficient (Wildman–Crippen LogP) is 4.00. The van der Waals surface area contributed by atoms with Crippen molar-refractivity contribution >= 4 is 11.7 Å². The molecule has 0 aliphatic carbocycles. The highest BCUT2D eigenvalue weighted by Crippen LogP contribution is 2.20. The van der Waals surface area contributed by atoms with Crippen LogP contribution in [0.2, 0.25) is 0 Å². The van der Waals surface area contributed by atoms with Crippen LogP contribution in [0.1, 0.15) is 24.1 Å². The molecule has 0 atom stereocenters. The lowest BCUT2D eigenvalue weighted by Crippen LogP contribution is -2.34. The molecule has 0 radical (unpaired) electrons. The molecular weight excluding hydrogens is 320 g/mol. The van der Waals surface area contributed by atoms with Gasteiger partial charge in [0.25, 0.3) is 5.89 Å². The first-order valence-corrected chi connectivity index (χ1v) is 8.06. The molecule has 1 aromatic carbocycles. The van der Waals surface area contributed by atoms with Crippen molar-refractivity contribution in [2.75, 3.05) is 11.9 Å². The summed E-state index contributed by atoms with van der Waals surface area (Å²) in [6.45, 7) is 6.66. The van der Waals surface area contributed by atoms with E-state index in [9.17, 15) is 4.79 Å². The zero-order valence-electron chi connectivity index (χ0n) is 14.4. The minimum atomic E-state index is -0.181. The van der Waals surface area contributed by atoms with Crippen molar-refractivity contribution in [2.24, 2.45) is 0 Å². The summed E-state index contributed by atoms with van der Waals surface area (Å²) in [6.07, 6.45) is 1.63. The average molecular weight is 340 g/mol. The number of rotatable bonds is 5. The van der Waals surface area contributed by atoms with Crippen LogP contribution in [0.25, 0.3) is 11.5 Å². The van der Waals surface area contributed by atoms with Crippen molar-refractivity contribution < 1.29 is 13.7 Å². The van der Waals surface area contributed by atoms with E-state index >= 15 is 0 Å². The number of benzene rings is 1. The van der Waals surface area contributed by atoms with E-state index in [2.05, 4.69) is 15.5 Å². The van der Waals surface area contributed by atoms with Crippen molar-refractivity contribution in [1.29, 1.82) is 0 Å². The van der Waals surface area contributed by atoms with E-state index in [0.29, 0.717) is 30.5 Å². The summed E-state index contributed by atoms with van der Waals surface area (Å²) >= 11 is 0. The first-order chi connectivity index (χ1) is 12.1. The first kappa shape index (κ1) is 16.8. The topological polar surface area (TPSA) is 84.4 Å². The molecule has 0 spiro atoms. The molecule has 0 unspecified atom stereocenters. The van der Waals surface area contributed by atoms with Gasteiger partial charge in [-0.1, -0.05) is 5.16 Å². The molecule has 130 valence electrons. The smallest absolute Gasteiger partial charge is 0.322 e.